The summed E-state index contributed by atoms with van der Waals surface area (Å²) in [7, 11) is 1.67. The molecule has 5 heteroatoms. The van der Waals surface area contributed by atoms with Crippen molar-refractivity contribution in [3.8, 4) is 5.75 Å². The Morgan fingerprint density at radius 3 is 1.81 bits per heavy atom. The van der Waals surface area contributed by atoms with Gasteiger partial charge in [0.1, 0.15) is 5.75 Å². The molecule has 0 atom stereocenters. The van der Waals surface area contributed by atoms with Crippen molar-refractivity contribution in [2.24, 2.45) is 20.0 Å². The van der Waals surface area contributed by atoms with Gasteiger partial charge in [-0.05, 0) is 84.5 Å². The highest BCUT2D eigenvalue weighted by atomic mass is 16.5. The summed E-state index contributed by atoms with van der Waals surface area (Å²) in [6, 6.07) is 8.00. The van der Waals surface area contributed by atoms with Gasteiger partial charge in [0, 0.05) is 5.57 Å². The Kier molecular flexibility index (Phi) is 4.25. The first-order valence-corrected chi connectivity index (χ1v) is 10.3. The molecule has 0 radical (unpaired) electrons. The predicted octanol–water partition coefficient (Wildman–Crippen LogP) is 5.11. The van der Waals surface area contributed by atoms with Crippen LogP contribution < -0.4 is 4.74 Å². The molecule has 152 valence electrons. The van der Waals surface area contributed by atoms with Crippen LogP contribution in [0.4, 0.5) is 0 Å². The number of aliphatic imine (C=N–C) groups is 4. The topological polar surface area (TPSA) is 58.7 Å². The van der Waals surface area contributed by atoms with Gasteiger partial charge in [-0.15, -0.1) is 0 Å². The first-order valence-electron chi connectivity index (χ1n) is 10.3. The van der Waals surface area contributed by atoms with Gasteiger partial charge in [0.15, 0.2) is 0 Å². The molecule has 6 rings (SSSR count). The van der Waals surface area contributed by atoms with E-state index in [-0.39, 0.29) is 0 Å². The van der Waals surface area contributed by atoms with Crippen molar-refractivity contribution < 1.29 is 4.74 Å². The zero-order valence-electron chi connectivity index (χ0n) is 17.4. The van der Waals surface area contributed by atoms with Crippen molar-refractivity contribution in [1.82, 2.24) is 0 Å². The van der Waals surface area contributed by atoms with E-state index in [1.54, 1.807) is 7.11 Å². The Balaban J connectivity index is 1.50. The average Bonchev–Trinajstić information content (AvgIpc) is 3.59. The zero-order chi connectivity index (χ0) is 21.5. The minimum atomic E-state index is 0.807. The molecule has 5 heterocycles. The summed E-state index contributed by atoms with van der Waals surface area (Å²) >= 11 is 0. The molecule has 0 unspecified atom stereocenters. The molecule has 8 bridgehead atoms. The lowest BCUT2D eigenvalue weighted by Crippen LogP contribution is -1.97. The first kappa shape index (κ1) is 18.4. The molecule has 1 aromatic carbocycles. The number of nitrogens with zero attached hydrogens (tertiary/aromatic N) is 4. The van der Waals surface area contributed by atoms with Gasteiger partial charge in [-0.2, -0.15) is 0 Å². The fourth-order valence-electron chi connectivity index (χ4n) is 3.92. The van der Waals surface area contributed by atoms with E-state index in [1.165, 1.54) is 0 Å². The maximum absolute atomic E-state index is 5.43. The summed E-state index contributed by atoms with van der Waals surface area (Å²) in [5.41, 5.74) is 8.95. The molecule has 0 spiro atoms. The Labute approximate surface area is 185 Å². The number of hydrogen-bond acceptors (Lipinski definition) is 5. The summed E-state index contributed by atoms with van der Waals surface area (Å²) in [4.78, 5) is 19.0. The molecule has 32 heavy (non-hydrogen) atoms. The molecular formula is C27H18N4O. The molecule has 0 saturated heterocycles. The van der Waals surface area contributed by atoms with Gasteiger partial charge in [-0.1, -0.05) is 12.1 Å². The number of rotatable bonds is 2. The maximum atomic E-state index is 5.43. The normalized spacial score (nSPS) is 20.1. The molecular weight excluding hydrogens is 396 g/mol. The van der Waals surface area contributed by atoms with Crippen molar-refractivity contribution >= 4 is 28.4 Å². The van der Waals surface area contributed by atoms with Crippen LogP contribution in [0.15, 0.2) is 134 Å². The van der Waals surface area contributed by atoms with Crippen LogP contribution in [-0.4, -0.2) is 30.0 Å². The van der Waals surface area contributed by atoms with E-state index in [0.717, 1.165) is 62.5 Å². The third-order valence-corrected chi connectivity index (χ3v) is 5.42. The molecule has 0 aliphatic carbocycles. The van der Waals surface area contributed by atoms with Crippen LogP contribution in [0.5, 0.6) is 5.75 Å². The Morgan fingerprint density at radius 1 is 0.594 bits per heavy atom. The second-order valence-corrected chi connectivity index (χ2v) is 7.67. The van der Waals surface area contributed by atoms with Gasteiger partial charge in [0.05, 0.1) is 52.7 Å². The molecule has 5 aliphatic heterocycles. The summed E-state index contributed by atoms with van der Waals surface area (Å²) in [5, 5.41) is 0. The van der Waals surface area contributed by atoms with Crippen LogP contribution in [0.3, 0.4) is 0 Å². The zero-order valence-corrected chi connectivity index (χ0v) is 17.4. The number of hydrogen-bond donors (Lipinski definition) is 0. The maximum Gasteiger partial charge on any atom is 0.119 e. The molecule has 0 N–H and O–H groups in total. The summed E-state index contributed by atoms with van der Waals surface area (Å²) in [6.07, 6.45) is 22.0. The molecule has 5 nitrogen and oxygen atoms in total. The molecule has 5 aliphatic rings. The third kappa shape index (κ3) is 3.50. The minimum Gasteiger partial charge on any atom is -0.497 e. The molecule has 0 amide bonds. The molecule has 0 aromatic heterocycles. The number of methoxy groups -OCH3 is 1. The van der Waals surface area contributed by atoms with E-state index < -0.39 is 0 Å². The van der Waals surface area contributed by atoms with E-state index in [4.69, 9.17) is 19.7 Å². The smallest absolute Gasteiger partial charge is 0.119 e. The van der Waals surface area contributed by atoms with E-state index in [1.807, 2.05) is 79.0 Å². The number of benzene rings is 1. The van der Waals surface area contributed by atoms with E-state index in [0.29, 0.717) is 0 Å². The lowest BCUT2D eigenvalue weighted by atomic mass is 10.0. The van der Waals surface area contributed by atoms with Crippen LogP contribution in [0, 0.1) is 0 Å². The van der Waals surface area contributed by atoms with Crippen molar-refractivity contribution in [1.29, 1.82) is 0 Å². The second kappa shape index (κ2) is 7.39. The van der Waals surface area contributed by atoms with Crippen molar-refractivity contribution in [3.05, 3.63) is 119 Å². The van der Waals surface area contributed by atoms with Crippen LogP contribution in [-0.2, 0) is 0 Å². The molecule has 1 aromatic rings. The van der Waals surface area contributed by atoms with Crippen LogP contribution in [0.1, 0.15) is 5.56 Å². The van der Waals surface area contributed by atoms with Gasteiger partial charge in [-0.25, -0.2) is 20.0 Å². The van der Waals surface area contributed by atoms with Gasteiger partial charge < -0.3 is 4.74 Å². The second-order valence-electron chi connectivity index (χ2n) is 7.67. The van der Waals surface area contributed by atoms with Crippen molar-refractivity contribution in [2.45, 2.75) is 0 Å². The fraction of sp³-hybridized carbons (Fsp3) is 0.0370. The Bertz CT molecular complexity index is 1430. The number of fused-ring (bicyclic) bond motifs is 4. The third-order valence-electron chi connectivity index (χ3n) is 5.42. The highest BCUT2D eigenvalue weighted by Crippen LogP contribution is 2.30. The SMILES string of the molecule is COc1cccc(C2=CC3=CC4=NC(=CC5=NC(=CC6=NC(=CC2=N3)C=C6)C=C5)C=C4)c1. The highest BCUT2D eigenvalue weighted by molar-refractivity contribution is 6.32. The highest BCUT2D eigenvalue weighted by Gasteiger charge is 2.18. The van der Waals surface area contributed by atoms with Gasteiger partial charge >= 0.3 is 0 Å². The first-order chi connectivity index (χ1) is 15.7. The van der Waals surface area contributed by atoms with Crippen molar-refractivity contribution in [3.63, 3.8) is 0 Å². The monoisotopic (exact) mass is 414 g/mol. The average molecular weight is 414 g/mol. The quantitative estimate of drug-likeness (QED) is 0.663. The summed E-state index contributed by atoms with van der Waals surface area (Å²) in [5.74, 6) is 0.807. The minimum absolute atomic E-state index is 0.807. The predicted molar refractivity (Wildman–Crippen MR) is 130 cm³/mol. The van der Waals surface area contributed by atoms with E-state index >= 15 is 0 Å². The van der Waals surface area contributed by atoms with Crippen LogP contribution >= 0.6 is 0 Å². The van der Waals surface area contributed by atoms with Gasteiger partial charge in [0.2, 0.25) is 0 Å². The lowest BCUT2D eigenvalue weighted by molar-refractivity contribution is 0.414. The van der Waals surface area contributed by atoms with E-state index in [2.05, 4.69) is 17.1 Å². The standard InChI is InChI=1S/C27H18N4O/c1-32-25-4-2-3-17(11-25)26-15-24-14-22-8-7-20(29-22)12-18-5-6-19(28-18)13-21-9-10-23(30-21)16-27(26)31-24/h2-16H,1H3. The number of ether oxygens (including phenoxy) is 1. The van der Waals surface area contributed by atoms with Gasteiger partial charge in [0.25, 0.3) is 0 Å². The van der Waals surface area contributed by atoms with Crippen molar-refractivity contribution in [2.75, 3.05) is 7.11 Å². The Morgan fingerprint density at radius 2 is 1.19 bits per heavy atom. The fourth-order valence-corrected chi connectivity index (χ4v) is 3.92. The van der Waals surface area contributed by atoms with Gasteiger partial charge in [-0.3, -0.25) is 0 Å². The lowest BCUT2D eigenvalue weighted by Gasteiger charge is -2.06. The Hall–Kier alpha value is -4.38. The summed E-state index contributed by atoms with van der Waals surface area (Å²) in [6.45, 7) is 0. The van der Waals surface area contributed by atoms with Crippen LogP contribution in [0.2, 0.25) is 0 Å². The molecule has 0 saturated carbocycles. The largest absolute Gasteiger partial charge is 0.497 e. The summed E-state index contributed by atoms with van der Waals surface area (Å²) < 4.78 is 5.43. The number of allylic oxidation sites excluding steroid dienone is 12. The van der Waals surface area contributed by atoms with E-state index in [9.17, 15) is 0 Å². The molecule has 0 fully saturated rings. The van der Waals surface area contributed by atoms with Crippen LogP contribution in [0.25, 0.3) is 5.57 Å².